The summed E-state index contributed by atoms with van der Waals surface area (Å²) in [7, 11) is -0.689. The third-order valence-corrected chi connectivity index (χ3v) is 6.55. The molecule has 0 saturated heterocycles. The molecule has 29 heavy (non-hydrogen) atoms. The summed E-state index contributed by atoms with van der Waals surface area (Å²) in [6, 6.07) is 13.3. The van der Waals surface area contributed by atoms with Crippen molar-refractivity contribution in [3.63, 3.8) is 0 Å². The van der Waals surface area contributed by atoms with Crippen LogP contribution in [0.3, 0.4) is 0 Å². The molecule has 3 rings (SSSR count). The lowest BCUT2D eigenvalue weighted by Gasteiger charge is -2.28. The van der Waals surface area contributed by atoms with Crippen LogP contribution in [-0.2, 0) is 23.0 Å². The summed E-state index contributed by atoms with van der Waals surface area (Å²) in [5.74, 6) is 0.784. The van der Waals surface area contributed by atoms with Crippen LogP contribution in [0.5, 0.6) is 11.5 Å². The Hall–Kier alpha value is -1.80. The fraction of sp³-hybridized carbons (Fsp3) is 0.429. The Bertz CT molecular complexity index is 905. The van der Waals surface area contributed by atoms with Gasteiger partial charge in [0.25, 0.3) is 0 Å². The first-order valence-corrected chi connectivity index (χ1v) is 11.0. The summed E-state index contributed by atoms with van der Waals surface area (Å²) in [6.07, 6.45) is 2.81. The summed E-state index contributed by atoms with van der Waals surface area (Å²) in [5, 5.41) is 0. The van der Waals surface area contributed by atoms with Gasteiger partial charge in [0.2, 0.25) is 10.0 Å². The van der Waals surface area contributed by atoms with Crippen molar-refractivity contribution in [1.82, 2.24) is 9.62 Å². The van der Waals surface area contributed by atoms with Crippen molar-refractivity contribution < 1.29 is 17.9 Å². The molecule has 0 fully saturated rings. The third-order valence-electron chi connectivity index (χ3n) is 5.06. The van der Waals surface area contributed by atoms with Gasteiger partial charge in [-0.25, -0.2) is 13.1 Å². The zero-order chi connectivity index (χ0) is 20.0. The quantitative estimate of drug-likeness (QED) is 0.606. The SMILES string of the molecule is COc1ccc(OC)c(S(=O)(=O)NCCCCN2CCc3ccccc3C2)c1.Cl. The predicted octanol–water partition coefficient (Wildman–Crippen LogP) is 3.24. The summed E-state index contributed by atoms with van der Waals surface area (Å²) in [6.45, 7) is 3.40. The van der Waals surface area contributed by atoms with Crippen molar-refractivity contribution in [2.45, 2.75) is 30.7 Å². The normalized spacial score (nSPS) is 14.0. The second-order valence-corrected chi connectivity index (χ2v) is 8.65. The summed E-state index contributed by atoms with van der Waals surface area (Å²) in [5.41, 5.74) is 2.85. The molecule has 1 heterocycles. The van der Waals surface area contributed by atoms with Gasteiger partial charge in [-0.15, -0.1) is 12.4 Å². The highest BCUT2D eigenvalue weighted by Crippen LogP contribution is 2.28. The number of fused-ring (bicyclic) bond motifs is 1. The van der Waals surface area contributed by atoms with Crippen LogP contribution in [-0.4, -0.2) is 47.2 Å². The summed E-state index contributed by atoms with van der Waals surface area (Å²) >= 11 is 0. The number of sulfonamides is 1. The minimum atomic E-state index is -3.65. The van der Waals surface area contributed by atoms with E-state index in [2.05, 4.69) is 33.9 Å². The number of halogens is 1. The predicted molar refractivity (Wildman–Crippen MR) is 117 cm³/mol. The number of methoxy groups -OCH3 is 2. The van der Waals surface area contributed by atoms with Gasteiger partial charge in [0.15, 0.2) is 0 Å². The minimum Gasteiger partial charge on any atom is -0.497 e. The van der Waals surface area contributed by atoms with Crippen LogP contribution in [0.4, 0.5) is 0 Å². The van der Waals surface area contributed by atoms with Gasteiger partial charge in [-0.1, -0.05) is 24.3 Å². The van der Waals surface area contributed by atoms with E-state index < -0.39 is 10.0 Å². The molecular weight excluding hydrogens is 412 g/mol. The van der Waals surface area contributed by atoms with Gasteiger partial charge in [-0.2, -0.15) is 0 Å². The molecule has 1 aliphatic rings. The molecule has 0 atom stereocenters. The minimum absolute atomic E-state index is 0. The molecule has 0 aliphatic carbocycles. The standard InChI is InChI=1S/C21H28N2O4S.ClH/c1-26-19-9-10-20(27-2)21(15-19)28(24,25)22-12-5-6-13-23-14-11-17-7-3-4-8-18(17)16-23;/h3-4,7-10,15,22H,5-6,11-14,16H2,1-2H3;1H. The summed E-state index contributed by atoms with van der Waals surface area (Å²) < 4.78 is 38.2. The molecule has 0 aromatic heterocycles. The number of hydrogen-bond acceptors (Lipinski definition) is 5. The molecule has 1 aliphatic heterocycles. The largest absolute Gasteiger partial charge is 0.497 e. The van der Waals surface area contributed by atoms with Crippen LogP contribution in [0.2, 0.25) is 0 Å². The molecule has 6 nitrogen and oxygen atoms in total. The number of ether oxygens (including phenoxy) is 2. The van der Waals surface area contributed by atoms with Gasteiger partial charge in [-0.05, 0) is 49.1 Å². The van der Waals surface area contributed by atoms with Gasteiger partial charge < -0.3 is 9.47 Å². The Morgan fingerprint density at radius 3 is 2.52 bits per heavy atom. The lowest BCUT2D eigenvalue weighted by Crippen LogP contribution is -2.32. The molecule has 0 bridgehead atoms. The van der Waals surface area contributed by atoms with Crippen LogP contribution >= 0.6 is 12.4 Å². The number of nitrogens with one attached hydrogen (secondary N) is 1. The first kappa shape index (κ1) is 23.5. The average Bonchev–Trinajstić information content (AvgIpc) is 2.72. The molecule has 0 saturated carbocycles. The van der Waals surface area contributed by atoms with Gasteiger partial charge in [0.1, 0.15) is 16.4 Å². The maximum Gasteiger partial charge on any atom is 0.244 e. The number of rotatable bonds is 9. The fourth-order valence-corrected chi connectivity index (χ4v) is 4.74. The molecule has 8 heteroatoms. The number of benzene rings is 2. The van der Waals surface area contributed by atoms with E-state index in [1.165, 1.54) is 31.4 Å². The topological polar surface area (TPSA) is 67.9 Å². The van der Waals surface area contributed by atoms with E-state index in [1.54, 1.807) is 12.1 Å². The smallest absolute Gasteiger partial charge is 0.244 e. The van der Waals surface area contributed by atoms with Crippen molar-refractivity contribution in [2.24, 2.45) is 0 Å². The van der Waals surface area contributed by atoms with E-state index in [1.807, 2.05) is 0 Å². The second kappa shape index (κ2) is 10.8. The lowest BCUT2D eigenvalue weighted by molar-refractivity contribution is 0.249. The Morgan fingerprint density at radius 2 is 1.79 bits per heavy atom. The average molecular weight is 441 g/mol. The molecule has 0 unspecified atom stereocenters. The monoisotopic (exact) mass is 440 g/mol. The molecular formula is C21H29ClN2O4S. The first-order chi connectivity index (χ1) is 13.5. The molecule has 0 radical (unpaired) electrons. The molecule has 2 aromatic carbocycles. The highest BCUT2D eigenvalue weighted by molar-refractivity contribution is 7.89. The summed E-state index contributed by atoms with van der Waals surface area (Å²) in [4.78, 5) is 2.53. The van der Waals surface area contributed by atoms with E-state index in [-0.39, 0.29) is 17.3 Å². The van der Waals surface area contributed by atoms with E-state index >= 15 is 0 Å². The molecule has 160 valence electrons. The van der Waals surface area contributed by atoms with Gasteiger partial charge in [-0.3, -0.25) is 4.90 Å². The molecule has 0 amide bonds. The van der Waals surface area contributed by atoms with Crippen LogP contribution < -0.4 is 14.2 Å². The van der Waals surface area contributed by atoms with Crippen LogP contribution in [0, 0.1) is 0 Å². The van der Waals surface area contributed by atoms with E-state index in [0.717, 1.165) is 38.9 Å². The van der Waals surface area contributed by atoms with Crippen molar-refractivity contribution in [2.75, 3.05) is 33.9 Å². The fourth-order valence-electron chi connectivity index (χ4n) is 3.48. The highest BCUT2D eigenvalue weighted by atomic mass is 35.5. The highest BCUT2D eigenvalue weighted by Gasteiger charge is 2.20. The zero-order valence-electron chi connectivity index (χ0n) is 16.9. The molecule has 0 spiro atoms. The van der Waals surface area contributed by atoms with Gasteiger partial charge in [0.05, 0.1) is 14.2 Å². The Kier molecular flexibility index (Phi) is 8.77. The Morgan fingerprint density at radius 1 is 1.03 bits per heavy atom. The third kappa shape index (κ3) is 6.09. The van der Waals surface area contributed by atoms with Crippen molar-refractivity contribution in [3.8, 4) is 11.5 Å². The Balaban J connectivity index is 0.00000300. The molecule has 2 aromatic rings. The molecule has 1 N–H and O–H groups in total. The Labute approximate surface area is 179 Å². The van der Waals surface area contributed by atoms with Crippen LogP contribution in [0.1, 0.15) is 24.0 Å². The number of nitrogens with zero attached hydrogens (tertiary/aromatic N) is 1. The first-order valence-electron chi connectivity index (χ1n) is 9.54. The van der Waals surface area contributed by atoms with E-state index in [0.29, 0.717) is 18.0 Å². The van der Waals surface area contributed by atoms with Crippen LogP contribution in [0.15, 0.2) is 47.4 Å². The zero-order valence-corrected chi connectivity index (χ0v) is 18.5. The van der Waals surface area contributed by atoms with Gasteiger partial charge >= 0.3 is 0 Å². The van der Waals surface area contributed by atoms with Crippen molar-refractivity contribution in [3.05, 3.63) is 53.6 Å². The van der Waals surface area contributed by atoms with Gasteiger partial charge in [0, 0.05) is 25.7 Å². The number of hydrogen-bond donors (Lipinski definition) is 1. The van der Waals surface area contributed by atoms with E-state index in [9.17, 15) is 8.42 Å². The lowest BCUT2D eigenvalue weighted by atomic mass is 10.00. The van der Waals surface area contributed by atoms with E-state index in [4.69, 9.17) is 9.47 Å². The van der Waals surface area contributed by atoms with Crippen molar-refractivity contribution in [1.29, 1.82) is 0 Å². The van der Waals surface area contributed by atoms with Crippen LogP contribution in [0.25, 0.3) is 0 Å². The maximum absolute atomic E-state index is 12.6. The number of unbranched alkanes of at least 4 members (excludes halogenated alkanes) is 1. The maximum atomic E-state index is 12.6. The van der Waals surface area contributed by atoms with Crippen molar-refractivity contribution >= 4 is 22.4 Å². The second-order valence-electron chi connectivity index (χ2n) is 6.92.